The van der Waals surface area contributed by atoms with Crippen molar-refractivity contribution in [3.63, 3.8) is 0 Å². The smallest absolute Gasteiger partial charge is 0.407 e. The molecular formula is C23H27NO4. The molecular weight excluding hydrogens is 354 g/mol. The van der Waals surface area contributed by atoms with Crippen LogP contribution in [0.2, 0.25) is 0 Å². The van der Waals surface area contributed by atoms with Crippen molar-refractivity contribution < 1.29 is 19.4 Å². The van der Waals surface area contributed by atoms with E-state index in [1.165, 1.54) is 11.1 Å². The molecule has 1 amide bonds. The standard InChI is InChI=1S/C23H27NO4/c1-3-13-23(4-2,14-21(25)26)24-22(27)28-15-20-18-11-7-5-9-16(18)17-10-6-8-12-19(17)20/h5-12,20H,3-4,13-15H2,1-2H3,(H,24,27)(H,25,26). The zero-order valence-corrected chi connectivity index (χ0v) is 16.4. The molecule has 0 bridgehead atoms. The molecule has 0 saturated carbocycles. The van der Waals surface area contributed by atoms with Gasteiger partial charge < -0.3 is 15.2 Å². The Balaban J connectivity index is 1.73. The zero-order valence-electron chi connectivity index (χ0n) is 16.4. The minimum absolute atomic E-state index is 0.0141. The number of carbonyl (C=O) groups excluding carboxylic acids is 1. The average Bonchev–Trinajstić information content (AvgIpc) is 3.00. The van der Waals surface area contributed by atoms with Crippen molar-refractivity contribution in [1.82, 2.24) is 5.32 Å². The second kappa shape index (κ2) is 8.46. The van der Waals surface area contributed by atoms with Gasteiger partial charge in [-0.25, -0.2) is 4.79 Å². The maximum atomic E-state index is 12.5. The Morgan fingerprint density at radius 1 is 1.04 bits per heavy atom. The number of amides is 1. The predicted molar refractivity (Wildman–Crippen MR) is 108 cm³/mol. The number of carboxylic acids is 1. The van der Waals surface area contributed by atoms with Crippen molar-refractivity contribution in [2.75, 3.05) is 6.61 Å². The summed E-state index contributed by atoms with van der Waals surface area (Å²) in [4.78, 5) is 23.8. The molecule has 1 aliphatic carbocycles. The number of rotatable bonds is 8. The highest BCUT2D eigenvalue weighted by atomic mass is 16.5. The van der Waals surface area contributed by atoms with Gasteiger partial charge in [-0.3, -0.25) is 4.79 Å². The van der Waals surface area contributed by atoms with Gasteiger partial charge in [0.1, 0.15) is 6.61 Å². The molecule has 0 aliphatic heterocycles. The summed E-state index contributed by atoms with van der Waals surface area (Å²) in [5.41, 5.74) is 3.87. The first-order valence-electron chi connectivity index (χ1n) is 9.84. The third-order valence-corrected chi connectivity index (χ3v) is 5.61. The predicted octanol–water partition coefficient (Wildman–Crippen LogP) is 4.95. The van der Waals surface area contributed by atoms with Gasteiger partial charge >= 0.3 is 12.1 Å². The van der Waals surface area contributed by atoms with Gasteiger partial charge in [0.05, 0.1) is 12.0 Å². The summed E-state index contributed by atoms with van der Waals surface area (Å²) >= 11 is 0. The molecule has 0 aromatic heterocycles. The number of benzene rings is 2. The molecule has 28 heavy (non-hydrogen) atoms. The summed E-state index contributed by atoms with van der Waals surface area (Å²) in [6.45, 7) is 4.09. The van der Waals surface area contributed by atoms with Crippen LogP contribution < -0.4 is 5.32 Å². The van der Waals surface area contributed by atoms with Crippen LogP contribution in [0, 0.1) is 0 Å². The summed E-state index contributed by atoms with van der Waals surface area (Å²) in [6, 6.07) is 16.3. The molecule has 0 spiro atoms. The molecule has 1 aliphatic rings. The van der Waals surface area contributed by atoms with Crippen molar-refractivity contribution in [2.24, 2.45) is 0 Å². The average molecular weight is 381 g/mol. The number of fused-ring (bicyclic) bond motifs is 3. The number of ether oxygens (including phenoxy) is 1. The number of alkyl carbamates (subject to hydrolysis) is 1. The third kappa shape index (κ3) is 4.03. The molecule has 2 aromatic carbocycles. The molecule has 0 saturated heterocycles. The number of carbonyl (C=O) groups is 2. The van der Waals surface area contributed by atoms with Crippen molar-refractivity contribution in [2.45, 2.75) is 51.0 Å². The van der Waals surface area contributed by atoms with Crippen LogP contribution in [-0.4, -0.2) is 29.3 Å². The second-order valence-electron chi connectivity index (χ2n) is 7.40. The van der Waals surface area contributed by atoms with E-state index in [-0.39, 0.29) is 18.9 Å². The maximum Gasteiger partial charge on any atom is 0.407 e. The van der Waals surface area contributed by atoms with Crippen LogP contribution in [0.4, 0.5) is 4.79 Å². The van der Waals surface area contributed by atoms with E-state index in [1.54, 1.807) is 0 Å². The first-order valence-corrected chi connectivity index (χ1v) is 9.84. The van der Waals surface area contributed by atoms with Gasteiger partial charge in [0.15, 0.2) is 0 Å². The van der Waals surface area contributed by atoms with Gasteiger partial charge in [0, 0.05) is 5.92 Å². The van der Waals surface area contributed by atoms with E-state index in [0.717, 1.165) is 17.5 Å². The molecule has 2 aromatic rings. The van der Waals surface area contributed by atoms with Gasteiger partial charge in [-0.05, 0) is 35.1 Å². The van der Waals surface area contributed by atoms with Crippen LogP contribution >= 0.6 is 0 Å². The molecule has 3 rings (SSSR count). The summed E-state index contributed by atoms with van der Waals surface area (Å²) in [7, 11) is 0. The summed E-state index contributed by atoms with van der Waals surface area (Å²) < 4.78 is 5.58. The number of nitrogens with one attached hydrogen (secondary N) is 1. The number of carboxylic acid groups (broad SMARTS) is 1. The Hall–Kier alpha value is -2.82. The van der Waals surface area contributed by atoms with E-state index in [2.05, 4.69) is 29.6 Å². The normalized spacial score (nSPS) is 14.6. The first kappa shape index (κ1) is 19.9. The summed E-state index contributed by atoms with van der Waals surface area (Å²) in [5.74, 6) is -0.936. The van der Waals surface area contributed by atoms with Crippen molar-refractivity contribution >= 4 is 12.1 Å². The zero-order chi connectivity index (χ0) is 20.1. The van der Waals surface area contributed by atoms with E-state index < -0.39 is 17.6 Å². The Bertz CT molecular complexity index is 818. The van der Waals surface area contributed by atoms with Crippen LogP contribution in [0.15, 0.2) is 48.5 Å². The topological polar surface area (TPSA) is 75.6 Å². The lowest BCUT2D eigenvalue weighted by Gasteiger charge is -2.32. The van der Waals surface area contributed by atoms with Gasteiger partial charge in [0.25, 0.3) is 0 Å². The second-order valence-corrected chi connectivity index (χ2v) is 7.40. The van der Waals surface area contributed by atoms with Gasteiger partial charge in [-0.1, -0.05) is 68.8 Å². The fraction of sp³-hybridized carbons (Fsp3) is 0.391. The van der Waals surface area contributed by atoms with Crippen LogP contribution in [-0.2, 0) is 9.53 Å². The minimum Gasteiger partial charge on any atom is -0.481 e. The number of hydrogen-bond acceptors (Lipinski definition) is 3. The van der Waals surface area contributed by atoms with Gasteiger partial charge in [0.2, 0.25) is 0 Å². The fourth-order valence-electron chi connectivity index (χ4n) is 4.20. The maximum absolute atomic E-state index is 12.5. The molecule has 0 heterocycles. The summed E-state index contributed by atoms with van der Waals surface area (Å²) in [6.07, 6.45) is 1.25. The molecule has 0 radical (unpaired) electrons. The first-order chi connectivity index (χ1) is 13.5. The monoisotopic (exact) mass is 381 g/mol. The van der Waals surface area contributed by atoms with E-state index in [4.69, 9.17) is 4.74 Å². The highest BCUT2D eigenvalue weighted by Crippen LogP contribution is 2.44. The van der Waals surface area contributed by atoms with Crippen LogP contribution in [0.3, 0.4) is 0 Å². The Morgan fingerprint density at radius 2 is 1.61 bits per heavy atom. The largest absolute Gasteiger partial charge is 0.481 e. The Morgan fingerprint density at radius 3 is 2.11 bits per heavy atom. The fourth-order valence-corrected chi connectivity index (χ4v) is 4.20. The van der Waals surface area contributed by atoms with Crippen LogP contribution in [0.25, 0.3) is 11.1 Å². The van der Waals surface area contributed by atoms with E-state index in [1.807, 2.05) is 38.1 Å². The molecule has 148 valence electrons. The molecule has 2 N–H and O–H groups in total. The van der Waals surface area contributed by atoms with Crippen molar-refractivity contribution in [1.29, 1.82) is 0 Å². The lowest BCUT2D eigenvalue weighted by atomic mass is 9.87. The molecule has 1 unspecified atom stereocenters. The lowest BCUT2D eigenvalue weighted by molar-refractivity contribution is -0.138. The molecule has 0 fully saturated rings. The number of aliphatic carboxylic acids is 1. The van der Waals surface area contributed by atoms with Gasteiger partial charge in [-0.2, -0.15) is 0 Å². The minimum atomic E-state index is -0.922. The summed E-state index contributed by atoms with van der Waals surface area (Å²) in [5, 5.41) is 12.1. The Labute approximate surface area is 165 Å². The highest BCUT2D eigenvalue weighted by molar-refractivity contribution is 5.79. The van der Waals surface area contributed by atoms with E-state index in [0.29, 0.717) is 12.8 Å². The highest BCUT2D eigenvalue weighted by Gasteiger charge is 2.34. The van der Waals surface area contributed by atoms with E-state index in [9.17, 15) is 14.7 Å². The SMILES string of the molecule is CCCC(CC)(CC(=O)O)NC(=O)OCC1c2ccccc2-c2ccccc21. The number of hydrogen-bond donors (Lipinski definition) is 2. The van der Waals surface area contributed by atoms with Gasteiger partial charge in [-0.15, -0.1) is 0 Å². The molecule has 1 atom stereocenters. The van der Waals surface area contributed by atoms with Crippen molar-refractivity contribution in [3.8, 4) is 11.1 Å². The van der Waals surface area contributed by atoms with Crippen molar-refractivity contribution in [3.05, 3.63) is 59.7 Å². The van der Waals surface area contributed by atoms with Crippen LogP contribution in [0.1, 0.15) is 56.6 Å². The quantitative estimate of drug-likeness (QED) is 0.678. The lowest BCUT2D eigenvalue weighted by Crippen LogP contribution is -2.49. The molecule has 5 heteroatoms. The Kier molecular flexibility index (Phi) is 6.02. The van der Waals surface area contributed by atoms with Crippen LogP contribution in [0.5, 0.6) is 0 Å². The third-order valence-electron chi connectivity index (χ3n) is 5.61. The molecule has 5 nitrogen and oxygen atoms in total. The van der Waals surface area contributed by atoms with E-state index >= 15 is 0 Å².